The van der Waals surface area contributed by atoms with Crippen molar-refractivity contribution in [2.45, 2.75) is 43.2 Å². The predicted molar refractivity (Wildman–Crippen MR) is 65.1 cm³/mol. The summed E-state index contributed by atoms with van der Waals surface area (Å²) in [6.07, 6.45) is -8.29. The molecule has 1 unspecified atom stereocenters. The topological polar surface area (TPSA) is 110 Å². The Hall–Kier alpha value is -1.02. The molecule has 6 heteroatoms. The van der Waals surface area contributed by atoms with Gasteiger partial charge in [-0.2, -0.15) is 0 Å². The van der Waals surface area contributed by atoms with Gasteiger partial charge in [-0.3, -0.25) is 0 Å². The summed E-state index contributed by atoms with van der Waals surface area (Å²) >= 11 is 0. The number of aliphatic hydroxyl groups is 5. The van der Waals surface area contributed by atoms with E-state index in [1.165, 1.54) is 0 Å². The van der Waals surface area contributed by atoms with Gasteiger partial charge in [0.2, 0.25) is 0 Å². The maximum absolute atomic E-state index is 10.0. The number of ether oxygens (including phenoxy) is 1. The highest BCUT2D eigenvalue weighted by Crippen LogP contribution is 2.23. The van der Waals surface area contributed by atoms with Gasteiger partial charge in [-0.15, -0.1) is 0 Å². The van der Waals surface area contributed by atoms with Gasteiger partial charge >= 0.3 is 0 Å². The monoisotopic (exact) mass is 270 g/mol. The first kappa shape index (κ1) is 14.4. The lowest BCUT2D eigenvalue weighted by atomic mass is 9.92. The van der Waals surface area contributed by atoms with Crippen molar-refractivity contribution < 1.29 is 30.3 Å². The van der Waals surface area contributed by atoms with Crippen LogP contribution in [0.25, 0.3) is 0 Å². The summed E-state index contributed by atoms with van der Waals surface area (Å²) in [7, 11) is 0. The van der Waals surface area contributed by atoms with E-state index in [1.807, 2.05) is 18.2 Å². The SMILES string of the molecule is OC(Cc1ccccc1)[C@H]1O[C@H](O)[C@H](O)[C@@H](O)[C@@H]1O. The van der Waals surface area contributed by atoms with Crippen LogP contribution in [-0.2, 0) is 11.2 Å². The predicted octanol–water partition coefficient (Wildman–Crippen LogP) is -1.61. The molecule has 0 aliphatic carbocycles. The van der Waals surface area contributed by atoms with E-state index in [2.05, 4.69) is 0 Å². The molecule has 1 saturated heterocycles. The Morgan fingerprint density at radius 1 is 0.947 bits per heavy atom. The third kappa shape index (κ3) is 3.11. The molecule has 0 bridgehead atoms. The van der Waals surface area contributed by atoms with Gasteiger partial charge in [0, 0.05) is 6.42 Å². The third-order valence-corrected chi connectivity index (χ3v) is 3.29. The smallest absolute Gasteiger partial charge is 0.184 e. The van der Waals surface area contributed by atoms with Crippen LogP contribution in [0.1, 0.15) is 5.56 Å². The van der Waals surface area contributed by atoms with Gasteiger partial charge in [0.1, 0.15) is 24.4 Å². The van der Waals surface area contributed by atoms with Gasteiger partial charge in [-0.05, 0) is 5.56 Å². The fourth-order valence-corrected chi connectivity index (χ4v) is 2.18. The van der Waals surface area contributed by atoms with E-state index in [4.69, 9.17) is 4.74 Å². The third-order valence-electron chi connectivity index (χ3n) is 3.29. The van der Waals surface area contributed by atoms with E-state index in [9.17, 15) is 25.5 Å². The van der Waals surface area contributed by atoms with E-state index < -0.39 is 36.8 Å². The van der Waals surface area contributed by atoms with Crippen LogP contribution in [0.2, 0.25) is 0 Å². The second kappa shape index (κ2) is 5.96. The molecule has 6 atom stereocenters. The molecule has 1 fully saturated rings. The molecule has 19 heavy (non-hydrogen) atoms. The fourth-order valence-electron chi connectivity index (χ4n) is 2.18. The van der Waals surface area contributed by atoms with E-state index in [0.717, 1.165) is 5.56 Å². The molecule has 0 aromatic heterocycles. The number of benzene rings is 1. The van der Waals surface area contributed by atoms with Gasteiger partial charge < -0.3 is 30.3 Å². The van der Waals surface area contributed by atoms with Crippen molar-refractivity contribution in [1.82, 2.24) is 0 Å². The van der Waals surface area contributed by atoms with Gasteiger partial charge in [-0.1, -0.05) is 30.3 Å². The molecule has 1 aliphatic heterocycles. The standard InChI is InChI=1S/C13H18O6/c14-8(6-7-4-2-1-3-5-7)12-10(16)9(15)11(17)13(18)19-12/h1-5,8-18H,6H2/t8?,9-,10-,11+,12+,13-/m0/s1. The number of rotatable bonds is 3. The molecule has 5 N–H and O–H groups in total. The largest absolute Gasteiger partial charge is 0.390 e. The van der Waals surface area contributed by atoms with Crippen LogP contribution in [-0.4, -0.2) is 62.3 Å². The molecule has 2 rings (SSSR count). The van der Waals surface area contributed by atoms with Crippen LogP contribution < -0.4 is 0 Å². The van der Waals surface area contributed by atoms with Crippen LogP contribution >= 0.6 is 0 Å². The first-order valence-electron chi connectivity index (χ1n) is 6.10. The zero-order valence-electron chi connectivity index (χ0n) is 10.2. The summed E-state index contributed by atoms with van der Waals surface area (Å²) in [5.41, 5.74) is 0.834. The molecule has 0 spiro atoms. The molecule has 0 radical (unpaired) electrons. The summed E-state index contributed by atoms with van der Waals surface area (Å²) in [5.74, 6) is 0. The van der Waals surface area contributed by atoms with E-state index in [1.54, 1.807) is 12.1 Å². The zero-order chi connectivity index (χ0) is 14.0. The van der Waals surface area contributed by atoms with Gasteiger partial charge in [-0.25, -0.2) is 0 Å². The molecule has 6 nitrogen and oxygen atoms in total. The van der Waals surface area contributed by atoms with Gasteiger partial charge in [0.25, 0.3) is 0 Å². The maximum atomic E-state index is 10.0. The number of hydrogen-bond donors (Lipinski definition) is 5. The first-order valence-corrected chi connectivity index (χ1v) is 6.10. The van der Waals surface area contributed by atoms with E-state index in [0.29, 0.717) is 0 Å². The lowest BCUT2D eigenvalue weighted by molar-refractivity contribution is -0.296. The molecule has 1 aromatic rings. The quantitative estimate of drug-likeness (QED) is 0.452. The second-order valence-corrected chi connectivity index (χ2v) is 4.72. The van der Waals surface area contributed by atoms with Crippen LogP contribution in [0.4, 0.5) is 0 Å². The molecule has 0 saturated carbocycles. The van der Waals surface area contributed by atoms with Crippen molar-refractivity contribution in [1.29, 1.82) is 0 Å². The van der Waals surface area contributed by atoms with E-state index >= 15 is 0 Å². The lowest BCUT2D eigenvalue weighted by Crippen LogP contribution is -2.60. The Bertz CT molecular complexity index is 397. The highest BCUT2D eigenvalue weighted by Gasteiger charge is 2.45. The Morgan fingerprint density at radius 3 is 2.21 bits per heavy atom. The van der Waals surface area contributed by atoms with Crippen LogP contribution in [0.15, 0.2) is 30.3 Å². The normalized spacial score (nSPS) is 37.0. The molecule has 1 heterocycles. The van der Waals surface area contributed by atoms with E-state index in [-0.39, 0.29) is 6.42 Å². The highest BCUT2D eigenvalue weighted by molar-refractivity contribution is 5.16. The summed E-state index contributed by atoms with van der Waals surface area (Å²) in [6, 6.07) is 9.08. The molecule has 106 valence electrons. The number of aliphatic hydroxyl groups excluding tert-OH is 5. The van der Waals surface area contributed by atoms with Gasteiger partial charge in [0.05, 0.1) is 6.10 Å². The molecular formula is C13H18O6. The Morgan fingerprint density at radius 2 is 1.58 bits per heavy atom. The minimum Gasteiger partial charge on any atom is -0.390 e. The van der Waals surface area contributed by atoms with Crippen molar-refractivity contribution >= 4 is 0 Å². The van der Waals surface area contributed by atoms with Gasteiger partial charge in [0.15, 0.2) is 6.29 Å². The first-order chi connectivity index (χ1) is 9.00. The molecule has 1 aliphatic rings. The molecule has 1 aromatic carbocycles. The molecule has 0 amide bonds. The average molecular weight is 270 g/mol. The van der Waals surface area contributed by atoms with Crippen molar-refractivity contribution in [3.8, 4) is 0 Å². The lowest BCUT2D eigenvalue weighted by Gasteiger charge is -2.40. The Labute approximate surface area is 110 Å². The Kier molecular flexibility index (Phi) is 4.51. The van der Waals surface area contributed by atoms with Crippen LogP contribution in [0.3, 0.4) is 0 Å². The summed E-state index contributed by atoms with van der Waals surface area (Å²) in [4.78, 5) is 0. The van der Waals surface area contributed by atoms with Crippen molar-refractivity contribution in [2.24, 2.45) is 0 Å². The van der Waals surface area contributed by atoms with Crippen molar-refractivity contribution in [3.63, 3.8) is 0 Å². The second-order valence-electron chi connectivity index (χ2n) is 4.72. The van der Waals surface area contributed by atoms with Crippen LogP contribution in [0, 0.1) is 0 Å². The Balaban J connectivity index is 2.04. The minimum atomic E-state index is -1.63. The number of hydrogen-bond acceptors (Lipinski definition) is 6. The summed E-state index contributed by atoms with van der Waals surface area (Å²) in [6.45, 7) is 0. The van der Waals surface area contributed by atoms with Crippen molar-refractivity contribution in [3.05, 3.63) is 35.9 Å². The highest BCUT2D eigenvalue weighted by atomic mass is 16.6. The zero-order valence-corrected chi connectivity index (χ0v) is 10.2. The summed E-state index contributed by atoms with van der Waals surface area (Å²) < 4.78 is 4.96. The van der Waals surface area contributed by atoms with Crippen molar-refractivity contribution in [2.75, 3.05) is 0 Å². The molecular weight excluding hydrogens is 252 g/mol. The summed E-state index contributed by atoms with van der Waals surface area (Å²) in [5, 5.41) is 48.1. The van der Waals surface area contributed by atoms with Crippen LogP contribution in [0.5, 0.6) is 0 Å². The minimum absolute atomic E-state index is 0.206. The fraction of sp³-hybridized carbons (Fsp3) is 0.538. The maximum Gasteiger partial charge on any atom is 0.184 e. The average Bonchev–Trinajstić information content (AvgIpc) is 2.41.